The van der Waals surface area contributed by atoms with Crippen LogP contribution < -0.4 is 0 Å². The SMILES string of the molecule is CC(C)(C)C1C=CC=CC1=C1CCCCC1. The summed E-state index contributed by atoms with van der Waals surface area (Å²) in [6.07, 6.45) is 16.0. The highest BCUT2D eigenvalue weighted by atomic mass is 14.3. The molecule has 2 aliphatic carbocycles. The maximum atomic E-state index is 2.39. The van der Waals surface area contributed by atoms with E-state index in [4.69, 9.17) is 0 Å². The summed E-state index contributed by atoms with van der Waals surface area (Å²) in [5.41, 5.74) is 3.70. The first-order valence-corrected chi connectivity index (χ1v) is 6.66. The van der Waals surface area contributed by atoms with Crippen LogP contribution in [0.3, 0.4) is 0 Å². The van der Waals surface area contributed by atoms with Crippen molar-refractivity contribution >= 4 is 0 Å². The Balaban J connectivity index is 2.30. The first kappa shape index (κ1) is 11.7. The lowest BCUT2D eigenvalue weighted by molar-refractivity contribution is 0.329. The number of allylic oxidation sites excluding steroid dienone is 6. The molecule has 0 nitrogen and oxygen atoms in total. The Morgan fingerprint density at radius 3 is 2.31 bits per heavy atom. The van der Waals surface area contributed by atoms with Gasteiger partial charge in [0.1, 0.15) is 0 Å². The van der Waals surface area contributed by atoms with Crippen molar-refractivity contribution in [3.63, 3.8) is 0 Å². The topological polar surface area (TPSA) is 0 Å². The van der Waals surface area contributed by atoms with Gasteiger partial charge in [0, 0.05) is 5.92 Å². The molecule has 2 rings (SSSR count). The molecule has 0 aromatic rings. The van der Waals surface area contributed by atoms with Crippen LogP contribution >= 0.6 is 0 Å². The maximum Gasteiger partial charge on any atom is 0.00692 e. The molecule has 0 heteroatoms. The van der Waals surface area contributed by atoms with E-state index in [0.717, 1.165) is 0 Å². The lowest BCUT2D eigenvalue weighted by atomic mass is 9.71. The Labute approximate surface area is 100 Å². The van der Waals surface area contributed by atoms with Crippen molar-refractivity contribution in [3.05, 3.63) is 35.5 Å². The molecule has 2 aliphatic rings. The largest absolute Gasteiger partial charge is 0.0765 e. The molecule has 0 spiro atoms. The van der Waals surface area contributed by atoms with Crippen molar-refractivity contribution in [2.24, 2.45) is 11.3 Å². The summed E-state index contributed by atoms with van der Waals surface area (Å²) in [4.78, 5) is 0. The standard InChI is InChI=1S/C16H24/c1-16(2,3)15-12-8-7-11-14(15)13-9-5-4-6-10-13/h7-8,11-12,15H,4-6,9-10H2,1-3H3. The second-order valence-corrected chi connectivity index (χ2v) is 6.21. The summed E-state index contributed by atoms with van der Waals surface area (Å²) in [7, 11) is 0. The Morgan fingerprint density at radius 2 is 1.69 bits per heavy atom. The van der Waals surface area contributed by atoms with Crippen LogP contribution in [0.15, 0.2) is 35.5 Å². The van der Waals surface area contributed by atoms with Crippen LogP contribution in [0.25, 0.3) is 0 Å². The molecule has 0 bridgehead atoms. The summed E-state index contributed by atoms with van der Waals surface area (Å²) in [6, 6.07) is 0. The van der Waals surface area contributed by atoms with Gasteiger partial charge < -0.3 is 0 Å². The van der Waals surface area contributed by atoms with Crippen molar-refractivity contribution in [2.45, 2.75) is 52.9 Å². The van der Waals surface area contributed by atoms with Gasteiger partial charge in [-0.25, -0.2) is 0 Å². The van der Waals surface area contributed by atoms with E-state index in [1.807, 2.05) is 0 Å². The fourth-order valence-corrected chi connectivity index (χ4v) is 2.90. The van der Waals surface area contributed by atoms with Gasteiger partial charge in [0.15, 0.2) is 0 Å². The molecule has 16 heavy (non-hydrogen) atoms. The average molecular weight is 216 g/mol. The fraction of sp³-hybridized carbons (Fsp3) is 0.625. The van der Waals surface area contributed by atoms with Gasteiger partial charge in [-0.15, -0.1) is 0 Å². The van der Waals surface area contributed by atoms with Crippen LogP contribution in [0.4, 0.5) is 0 Å². The first-order valence-electron chi connectivity index (χ1n) is 6.66. The molecular weight excluding hydrogens is 192 g/mol. The van der Waals surface area contributed by atoms with Crippen LogP contribution in [0.5, 0.6) is 0 Å². The van der Waals surface area contributed by atoms with Gasteiger partial charge in [-0.05, 0) is 36.7 Å². The Bertz CT molecular complexity index is 326. The minimum Gasteiger partial charge on any atom is -0.0765 e. The van der Waals surface area contributed by atoms with Crippen molar-refractivity contribution < 1.29 is 0 Å². The Kier molecular flexibility index (Phi) is 3.37. The van der Waals surface area contributed by atoms with E-state index in [1.54, 1.807) is 11.1 Å². The molecule has 0 aliphatic heterocycles. The van der Waals surface area contributed by atoms with E-state index in [0.29, 0.717) is 11.3 Å². The molecule has 1 atom stereocenters. The van der Waals surface area contributed by atoms with Crippen molar-refractivity contribution in [2.75, 3.05) is 0 Å². The number of hydrogen-bond acceptors (Lipinski definition) is 0. The summed E-state index contributed by atoms with van der Waals surface area (Å²) in [5, 5.41) is 0. The lowest BCUT2D eigenvalue weighted by Gasteiger charge is -2.33. The molecule has 0 aromatic heterocycles. The monoisotopic (exact) mass is 216 g/mol. The third-order valence-electron chi connectivity index (χ3n) is 3.82. The predicted molar refractivity (Wildman–Crippen MR) is 71.3 cm³/mol. The molecule has 1 saturated carbocycles. The first-order chi connectivity index (χ1) is 7.59. The van der Waals surface area contributed by atoms with Crippen LogP contribution in [-0.2, 0) is 0 Å². The lowest BCUT2D eigenvalue weighted by Crippen LogP contribution is -2.22. The van der Waals surface area contributed by atoms with Crippen LogP contribution in [-0.4, -0.2) is 0 Å². The van der Waals surface area contributed by atoms with E-state index >= 15 is 0 Å². The smallest absolute Gasteiger partial charge is 0.00692 e. The molecule has 1 unspecified atom stereocenters. The number of rotatable bonds is 0. The third-order valence-corrected chi connectivity index (χ3v) is 3.82. The van der Waals surface area contributed by atoms with Gasteiger partial charge in [0.2, 0.25) is 0 Å². The highest BCUT2D eigenvalue weighted by Gasteiger charge is 2.27. The molecule has 88 valence electrons. The van der Waals surface area contributed by atoms with Crippen LogP contribution in [0.1, 0.15) is 52.9 Å². The molecule has 0 radical (unpaired) electrons. The van der Waals surface area contributed by atoms with E-state index in [2.05, 4.69) is 45.1 Å². The molecule has 0 heterocycles. The third kappa shape index (κ3) is 2.48. The van der Waals surface area contributed by atoms with Crippen molar-refractivity contribution in [3.8, 4) is 0 Å². The molecule has 0 amide bonds. The minimum absolute atomic E-state index is 0.348. The predicted octanol–water partition coefficient (Wildman–Crippen LogP) is 5.04. The van der Waals surface area contributed by atoms with E-state index in [1.165, 1.54) is 32.1 Å². The van der Waals surface area contributed by atoms with E-state index < -0.39 is 0 Å². The Morgan fingerprint density at radius 1 is 1.00 bits per heavy atom. The summed E-state index contributed by atoms with van der Waals surface area (Å²) in [5.74, 6) is 0.616. The normalized spacial score (nSPS) is 26.3. The van der Waals surface area contributed by atoms with Gasteiger partial charge in [-0.1, -0.05) is 57.1 Å². The molecule has 1 fully saturated rings. The van der Waals surface area contributed by atoms with E-state index in [9.17, 15) is 0 Å². The van der Waals surface area contributed by atoms with Gasteiger partial charge in [-0.2, -0.15) is 0 Å². The highest BCUT2D eigenvalue weighted by molar-refractivity contribution is 5.38. The van der Waals surface area contributed by atoms with Gasteiger partial charge in [0.05, 0.1) is 0 Å². The molecule has 0 saturated heterocycles. The zero-order chi connectivity index (χ0) is 11.6. The molecule has 0 aromatic carbocycles. The van der Waals surface area contributed by atoms with Gasteiger partial charge in [-0.3, -0.25) is 0 Å². The summed E-state index contributed by atoms with van der Waals surface area (Å²) < 4.78 is 0. The summed E-state index contributed by atoms with van der Waals surface area (Å²) >= 11 is 0. The second kappa shape index (κ2) is 4.61. The van der Waals surface area contributed by atoms with Crippen molar-refractivity contribution in [1.82, 2.24) is 0 Å². The number of hydrogen-bond donors (Lipinski definition) is 0. The summed E-state index contributed by atoms with van der Waals surface area (Å²) in [6.45, 7) is 7.06. The second-order valence-electron chi connectivity index (χ2n) is 6.21. The van der Waals surface area contributed by atoms with Crippen molar-refractivity contribution in [1.29, 1.82) is 0 Å². The van der Waals surface area contributed by atoms with Crippen LogP contribution in [0.2, 0.25) is 0 Å². The average Bonchev–Trinajstić information content (AvgIpc) is 2.29. The zero-order valence-electron chi connectivity index (χ0n) is 10.9. The quantitative estimate of drug-likeness (QED) is 0.532. The zero-order valence-corrected chi connectivity index (χ0v) is 10.9. The van der Waals surface area contributed by atoms with Gasteiger partial charge in [0.25, 0.3) is 0 Å². The fourth-order valence-electron chi connectivity index (χ4n) is 2.90. The van der Waals surface area contributed by atoms with Crippen LogP contribution in [0, 0.1) is 11.3 Å². The van der Waals surface area contributed by atoms with E-state index in [-0.39, 0.29) is 0 Å². The molecular formula is C16H24. The molecule has 0 N–H and O–H groups in total. The van der Waals surface area contributed by atoms with Gasteiger partial charge >= 0.3 is 0 Å². The maximum absolute atomic E-state index is 2.39. The Hall–Kier alpha value is -0.780. The highest BCUT2D eigenvalue weighted by Crippen LogP contribution is 2.40. The minimum atomic E-state index is 0.348.